The van der Waals surface area contributed by atoms with Crippen molar-refractivity contribution >= 4 is 22.8 Å². The molecule has 1 aromatic carbocycles. The van der Waals surface area contributed by atoms with E-state index in [1.807, 2.05) is 43.5 Å². The summed E-state index contributed by atoms with van der Waals surface area (Å²) in [4.78, 5) is 21.3. The van der Waals surface area contributed by atoms with Gasteiger partial charge in [-0.3, -0.25) is 0 Å². The second kappa shape index (κ2) is 9.19. The van der Waals surface area contributed by atoms with Crippen LogP contribution in [-0.4, -0.2) is 71.8 Å². The molecule has 3 rings (SSSR count). The van der Waals surface area contributed by atoms with Gasteiger partial charge in [0.05, 0.1) is 23.5 Å². The Morgan fingerprint density at radius 3 is 2.93 bits per heavy atom. The maximum absolute atomic E-state index is 12.9. The predicted octanol–water partition coefficient (Wildman–Crippen LogP) is 3.02. The Morgan fingerprint density at radius 2 is 2.22 bits per heavy atom. The van der Waals surface area contributed by atoms with Crippen molar-refractivity contribution in [3.63, 3.8) is 0 Å². The quantitative estimate of drug-likeness (QED) is 0.773. The van der Waals surface area contributed by atoms with E-state index in [0.717, 1.165) is 55.7 Å². The van der Waals surface area contributed by atoms with Crippen molar-refractivity contribution in [1.82, 2.24) is 19.4 Å². The molecule has 1 atom stereocenters. The molecule has 0 aliphatic carbocycles. The van der Waals surface area contributed by atoms with Crippen LogP contribution in [0.2, 0.25) is 0 Å². The first kappa shape index (κ1) is 19.6. The molecule has 0 bridgehead atoms. The zero-order chi connectivity index (χ0) is 19.2. The second-order valence-electron chi connectivity index (χ2n) is 7.46. The summed E-state index contributed by atoms with van der Waals surface area (Å²) < 4.78 is 7.87. The van der Waals surface area contributed by atoms with E-state index in [1.165, 1.54) is 0 Å². The molecule has 1 N–H and O–H groups in total. The zero-order valence-electron chi connectivity index (χ0n) is 16.6. The van der Waals surface area contributed by atoms with E-state index in [0.29, 0.717) is 13.1 Å². The van der Waals surface area contributed by atoms with E-state index in [2.05, 4.69) is 26.7 Å². The lowest BCUT2D eigenvalue weighted by Gasteiger charge is -2.27. The van der Waals surface area contributed by atoms with Crippen LogP contribution < -0.4 is 5.32 Å². The molecular formula is C20H31N5O2. The fourth-order valence-electron chi connectivity index (χ4n) is 3.39. The van der Waals surface area contributed by atoms with Gasteiger partial charge in [0.1, 0.15) is 0 Å². The molecule has 0 radical (unpaired) electrons. The van der Waals surface area contributed by atoms with Crippen LogP contribution in [0.15, 0.2) is 24.5 Å². The number of hydrogen-bond acceptors (Lipinski definition) is 4. The second-order valence-corrected chi connectivity index (χ2v) is 7.46. The summed E-state index contributed by atoms with van der Waals surface area (Å²) >= 11 is 0. The number of rotatable bonds is 8. The molecule has 2 heterocycles. The fourth-order valence-corrected chi connectivity index (χ4v) is 3.39. The highest BCUT2D eigenvalue weighted by molar-refractivity contribution is 5.92. The fraction of sp³-hybridized carbons (Fsp3) is 0.600. The number of aryl methyl sites for hydroxylation is 1. The number of nitrogens with zero attached hydrogens (tertiary/aromatic N) is 4. The van der Waals surface area contributed by atoms with Crippen LogP contribution in [0.3, 0.4) is 0 Å². The molecule has 0 saturated carbocycles. The summed E-state index contributed by atoms with van der Waals surface area (Å²) in [5, 5.41) is 3.04. The van der Waals surface area contributed by atoms with Crippen LogP contribution in [0.5, 0.6) is 0 Å². The van der Waals surface area contributed by atoms with E-state index in [1.54, 1.807) is 0 Å². The first-order valence-electron chi connectivity index (χ1n) is 9.84. The topological polar surface area (TPSA) is 62.6 Å². The SMILES string of the molecule is CCCn1cnc2cc(NC(=O)N(CCN(C)C)C[C@@H]3CCCO3)ccc21. The molecule has 27 heavy (non-hydrogen) atoms. The maximum atomic E-state index is 12.9. The van der Waals surface area contributed by atoms with Gasteiger partial charge < -0.3 is 24.4 Å². The molecule has 1 aromatic heterocycles. The molecular weight excluding hydrogens is 342 g/mol. The number of hydrogen-bond donors (Lipinski definition) is 1. The summed E-state index contributed by atoms with van der Waals surface area (Å²) in [7, 11) is 4.03. The van der Waals surface area contributed by atoms with E-state index in [-0.39, 0.29) is 12.1 Å². The van der Waals surface area contributed by atoms with E-state index in [9.17, 15) is 4.79 Å². The van der Waals surface area contributed by atoms with Gasteiger partial charge in [-0.05, 0) is 51.6 Å². The molecule has 1 saturated heterocycles. The molecule has 148 valence electrons. The number of aromatic nitrogens is 2. The van der Waals surface area contributed by atoms with Crippen molar-refractivity contribution in [2.24, 2.45) is 0 Å². The minimum absolute atomic E-state index is 0.0836. The first-order chi connectivity index (χ1) is 13.1. The molecule has 1 fully saturated rings. The first-order valence-corrected chi connectivity index (χ1v) is 9.84. The van der Waals surface area contributed by atoms with E-state index in [4.69, 9.17) is 4.74 Å². The summed E-state index contributed by atoms with van der Waals surface area (Å²) in [5.41, 5.74) is 2.77. The molecule has 1 aliphatic rings. The molecule has 0 spiro atoms. The van der Waals surface area contributed by atoms with Crippen molar-refractivity contribution in [2.75, 3.05) is 45.7 Å². The maximum Gasteiger partial charge on any atom is 0.321 e. The Bertz CT molecular complexity index is 752. The molecule has 2 amide bonds. The van der Waals surface area contributed by atoms with Gasteiger partial charge in [-0.2, -0.15) is 0 Å². The lowest BCUT2D eigenvalue weighted by atomic mass is 10.2. The van der Waals surface area contributed by atoms with Gasteiger partial charge in [0.25, 0.3) is 0 Å². The van der Waals surface area contributed by atoms with Crippen LogP contribution in [-0.2, 0) is 11.3 Å². The average Bonchev–Trinajstić information content (AvgIpc) is 3.28. The van der Waals surface area contributed by atoms with Crippen LogP contribution in [0.25, 0.3) is 11.0 Å². The largest absolute Gasteiger partial charge is 0.376 e. The number of nitrogens with one attached hydrogen (secondary N) is 1. The minimum Gasteiger partial charge on any atom is -0.376 e. The number of anilines is 1. The highest BCUT2D eigenvalue weighted by Crippen LogP contribution is 2.20. The summed E-state index contributed by atoms with van der Waals surface area (Å²) in [6, 6.07) is 5.83. The van der Waals surface area contributed by atoms with E-state index >= 15 is 0 Å². The summed E-state index contributed by atoms with van der Waals surface area (Å²) in [5.74, 6) is 0. The van der Waals surface area contributed by atoms with Crippen LogP contribution in [0.1, 0.15) is 26.2 Å². The Hall–Kier alpha value is -2.12. The normalized spacial score (nSPS) is 17.0. The number of carbonyl (C=O) groups excluding carboxylic acids is 1. The van der Waals surface area contributed by atoms with Gasteiger partial charge in [-0.25, -0.2) is 9.78 Å². The Balaban J connectivity index is 1.68. The number of ether oxygens (including phenoxy) is 1. The highest BCUT2D eigenvalue weighted by atomic mass is 16.5. The summed E-state index contributed by atoms with van der Waals surface area (Å²) in [6.45, 7) is 6.02. The van der Waals surface area contributed by atoms with Crippen molar-refractivity contribution in [2.45, 2.75) is 38.8 Å². The molecule has 2 aromatic rings. The molecule has 7 nitrogen and oxygen atoms in total. The van der Waals surface area contributed by atoms with Crippen molar-refractivity contribution in [3.05, 3.63) is 24.5 Å². The van der Waals surface area contributed by atoms with Gasteiger partial charge in [-0.1, -0.05) is 6.92 Å². The van der Waals surface area contributed by atoms with Crippen LogP contribution in [0, 0.1) is 0 Å². The van der Waals surface area contributed by atoms with Gasteiger partial charge in [-0.15, -0.1) is 0 Å². The number of fused-ring (bicyclic) bond motifs is 1. The van der Waals surface area contributed by atoms with Crippen molar-refractivity contribution in [3.8, 4) is 0 Å². The number of imidazole rings is 1. The number of urea groups is 1. The third-order valence-corrected chi connectivity index (χ3v) is 4.89. The Labute approximate surface area is 161 Å². The number of carbonyl (C=O) groups is 1. The Morgan fingerprint density at radius 1 is 1.37 bits per heavy atom. The lowest BCUT2D eigenvalue weighted by molar-refractivity contribution is 0.0820. The minimum atomic E-state index is -0.0836. The van der Waals surface area contributed by atoms with Crippen molar-refractivity contribution < 1.29 is 9.53 Å². The predicted molar refractivity (Wildman–Crippen MR) is 108 cm³/mol. The third kappa shape index (κ3) is 5.20. The van der Waals surface area contributed by atoms with Gasteiger partial charge in [0, 0.05) is 38.5 Å². The van der Waals surface area contributed by atoms with Crippen molar-refractivity contribution in [1.29, 1.82) is 0 Å². The number of likely N-dealkylation sites (N-methyl/N-ethyl adjacent to an activating group) is 1. The molecule has 0 unspecified atom stereocenters. The monoisotopic (exact) mass is 373 g/mol. The number of amides is 2. The van der Waals surface area contributed by atoms with Gasteiger partial charge in [0.15, 0.2) is 0 Å². The zero-order valence-corrected chi connectivity index (χ0v) is 16.6. The van der Waals surface area contributed by atoms with Crippen LogP contribution in [0.4, 0.5) is 10.5 Å². The van der Waals surface area contributed by atoms with Crippen LogP contribution >= 0.6 is 0 Å². The standard InChI is InChI=1S/C20H31N5O2/c1-4-9-25-15-21-18-13-16(7-8-19(18)25)22-20(26)24(11-10-23(2)3)14-17-6-5-12-27-17/h7-8,13,15,17H,4-6,9-12,14H2,1-3H3,(H,22,26)/t17-/m0/s1. The smallest absolute Gasteiger partial charge is 0.321 e. The summed E-state index contributed by atoms with van der Waals surface area (Å²) in [6.07, 6.45) is 5.16. The Kier molecular flexibility index (Phi) is 6.68. The molecule has 7 heteroatoms. The van der Waals surface area contributed by atoms with Gasteiger partial charge in [0.2, 0.25) is 0 Å². The van der Waals surface area contributed by atoms with Gasteiger partial charge >= 0.3 is 6.03 Å². The van der Waals surface area contributed by atoms with E-state index < -0.39 is 0 Å². The molecule has 1 aliphatic heterocycles. The lowest BCUT2D eigenvalue weighted by Crippen LogP contribution is -2.43. The number of benzene rings is 1. The highest BCUT2D eigenvalue weighted by Gasteiger charge is 2.22. The third-order valence-electron chi connectivity index (χ3n) is 4.89. The average molecular weight is 374 g/mol.